The van der Waals surface area contributed by atoms with Crippen molar-refractivity contribution in [2.24, 2.45) is 17.8 Å². The Morgan fingerprint density at radius 3 is 1.75 bits per heavy atom. The third kappa shape index (κ3) is 7.45. The number of epoxide rings is 1. The van der Waals surface area contributed by atoms with Crippen LogP contribution in [0.4, 0.5) is 0 Å². The minimum Gasteiger partial charge on any atom is -0.373 e. The number of rotatable bonds is 0. The van der Waals surface area contributed by atoms with E-state index in [1.807, 2.05) is 0 Å². The summed E-state index contributed by atoms with van der Waals surface area (Å²) in [6.45, 7) is 12.4. The lowest BCUT2D eigenvalue weighted by Gasteiger charge is -2.15. The van der Waals surface area contributed by atoms with Gasteiger partial charge in [0.25, 0.3) is 0 Å². The van der Waals surface area contributed by atoms with E-state index in [2.05, 4.69) is 33.5 Å². The summed E-state index contributed by atoms with van der Waals surface area (Å²) in [6, 6.07) is 0. The minimum absolute atomic E-state index is 0.139. The fraction of sp³-hybridized carbons (Fsp3) is 1.00. The Labute approximate surface area is 104 Å². The van der Waals surface area contributed by atoms with Crippen LogP contribution in [0.1, 0.15) is 39.5 Å². The molecule has 1 nitrogen and oxygen atoms in total. The summed E-state index contributed by atoms with van der Waals surface area (Å²) in [7, 11) is -0.139. The predicted octanol–water partition coefficient (Wildman–Crippen LogP) is 3.95. The van der Waals surface area contributed by atoms with Crippen LogP contribution >= 0.6 is 0 Å². The van der Waals surface area contributed by atoms with Crippen molar-refractivity contribution in [1.29, 1.82) is 0 Å². The Balaban J connectivity index is 0.000000137. The summed E-state index contributed by atoms with van der Waals surface area (Å²) in [4.78, 5) is 0. The number of hydrogen-bond acceptors (Lipinski definition) is 1. The van der Waals surface area contributed by atoms with E-state index in [9.17, 15) is 0 Å². The second kappa shape index (κ2) is 6.80. The molecule has 1 heterocycles. The molecule has 96 valence electrons. The molecule has 0 N–H and O–H groups in total. The Hall–Kier alpha value is 0.177. The summed E-state index contributed by atoms with van der Waals surface area (Å²) in [5.41, 5.74) is 0. The van der Waals surface area contributed by atoms with Gasteiger partial charge in [0.05, 0.1) is 12.7 Å². The molecule has 0 aromatic carbocycles. The maximum atomic E-state index is 4.71. The first kappa shape index (κ1) is 14.2. The quantitative estimate of drug-likeness (QED) is 0.463. The van der Waals surface area contributed by atoms with E-state index in [4.69, 9.17) is 4.74 Å². The van der Waals surface area contributed by atoms with Crippen LogP contribution in [0.15, 0.2) is 0 Å². The molecule has 4 atom stereocenters. The molecule has 2 heteroatoms. The van der Waals surface area contributed by atoms with Gasteiger partial charge in [0.1, 0.15) is 0 Å². The highest BCUT2D eigenvalue weighted by Gasteiger charge is 2.40. The molecule has 0 aromatic heterocycles. The van der Waals surface area contributed by atoms with Gasteiger partial charge in [-0.3, -0.25) is 0 Å². The van der Waals surface area contributed by atoms with E-state index in [-0.39, 0.29) is 8.80 Å². The lowest BCUT2D eigenvalue weighted by Crippen LogP contribution is -2.03. The average Bonchev–Trinajstić information content (AvgIpc) is 3.01. The Morgan fingerprint density at radius 1 is 0.938 bits per heavy atom. The summed E-state index contributed by atoms with van der Waals surface area (Å²) < 4.78 is 4.71. The van der Waals surface area contributed by atoms with Gasteiger partial charge >= 0.3 is 0 Å². The fourth-order valence-electron chi connectivity index (χ4n) is 2.18. The maximum Gasteiger partial charge on any atom is 0.0781 e. The summed E-state index contributed by atoms with van der Waals surface area (Å²) >= 11 is 0. The van der Waals surface area contributed by atoms with E-state index >= 15 is 0 Å². The third-order valence-electron chi connectivity index (χ3n) is 3.30. The van der Waals surface area contributed by atoms with Crippen molar-refractivity contribution in [3.8, 4) is 0 Å². The molecule has 4 unspecified atom stereocenters. The molecule has 0 radical (unpaired) electrons. The normalized spacial score (nSPS) is 38.6. The van der Waals surface area contributed by atoms with Crippen molar-refractivity contribution in [2.75, 3.05) is 6.61 Å². The van der Waals surface area contributed by atoms with E-state index < -0.39 is 0 Å². The Bertz CT molecular complexity index is 186. The van der Waals surface area contributed by atoms with Crippen molar-refractivity contribution in [2.45, 2.75) is 65.3 Å². The van der Waals surface area contributed by atoms with Crippen LogP contribution in [0.2, 0.25) is 19.6 Å². The molecule has 3 rings (SSSR count). The Kier molecular flexibility index (Phi) is 6.05. The van der Waals surface area contributed by atoms with Crippen molar-refractivity contribution >= 4 is 8.80 Å². The summed E-state index contributed by atoms with van der Waals surface area (Å²) in [5.74, 6) is 3.42. The van der Waals surface area contributed by atoms with Crippen molar-refractivity contribution in [3.63, 3.8) is 0 Å². The molecule has 1 aliphatic heterocycles. The molecule has 0 aromatic rings. The predicted molar refractivity (Wildman–Crippen MR) is 74.8 cm³/mol. The topological polar surface area (TPSA) is 12.5 Å². The van der Waals surface area contributed by atoms with Crippen molar-refractivity contribution in [1.82, 2.24) is 0 Å². The van der Waals surface area contributed by atoms with Crippen molar-refractivity contribution < 1.29 is 4.74 Å². The van der Waals surface area contributed by atoms with Gasteiger partial charge < -0.3 is 4.74 Å². The molecule has 2 saturated carbocycles. The number of ether oxygens (including phenoxy) is 1. The van der Waals surface area contributed by atoms with Crippen LogP contribution in [-0.4, -0.2) is 21.5 Å². The van der Waals surface area contributed by atoms with E-state index in [1.165, 1.54) is 18.3 Å². The molecular weight excluding hydrogens is 212 g/mol. The first-order chi connectivity index (χ1) is 7.49. The second-order valence-corrected chi connectivity index (χ2v) is 10.0. The highest BCUT2D eigenvalue weighted by molar-refractivity contribution is 6.54. The van der Waals surface area contributed by atoms with Crippen LogP contribution in [0.5, 0.6) is 0 Å². The van der Waals surface area contributed by atoms with Crippen molar-refractivity contribution in [3.05, 3.63) is 0 Å². The van der Waals surface area contributed by atoms with Gasteiger partial charge in [-0.25, -0.2) is 0 Å². The van der Waals surface area contributed by atoms with Gasteiger partial charge in [-0.15, -0.1) is 0 Å². The van der Waals surface area contributed by atoms with E-state index in [1.54, 1.807) is 19.3 Å². The number of fused-ring (bicyclic) bond motifs is 1. The SMILES string of the molecule is CC1CCC2CC2C1.CC1CO1.C[SiH](C)C. The summed E-state index contributed by atoms with van der Waals surface area (Å²) in [6.07, 6.45) is 6.77. The van der Waals surface area contributed by atoms with Gasteiger partial charge in [-0.05, 0) is 43.9 Å². The largest absolute Gasteiger partial charge is 0.373 e. The molecule has 0 spiro atoms. The molecule has 3 aliphatic rings. The summed E-state index contributed by atoms with van der Waals surface area (Å²) in [5, 5.41) is 0. The Morgan fingerprint density at radius 2 is 1.44 bits per heavy atom. The first-order valence-corrected chi connectivity index (χ1v) is 10.6. The van der Waals surface area contributed by atoms with Crippen LogP contribution in [-0.2, 0) is 4.74 Å². The smallest absolute Gasteiger partial charge is 0.0781 e. The molecule has 0 amide bonds. The third-order valence-corrected chi connectivity index (χ3v) is 3.30. The second-order valence-electron chi connectivity index (χ2n) is 6.55. The molecular formula is C14H30OSi. The first-order valence-electron chi connectivity index (χ1n) is 7.10. The fourth-order valence-corrected chi connectivity index (χ4v) is 2.18. The molecule has 0 bridgehead atoms. The van der Waals surface area contributed by atoms with E-state index in [0.717, 1.165) is 12.5 Å². The van der Waals surface area contributed by atoms with Crippen LogP contribution < -0.4 is 0 Å². The standard InChI is InChI=1S/C8H14.C3H6O.C3H10Si/c1-6-2-3-7-5-8(7)4-6;1-3-2-4-3;1-4(2)3/h6-8H,2-5H2,1H3;3H,2H2,1H3;4H,1-3H3. The van der Waals surface area contributed by atoms with E-state index in [0.29, 0.717) is 6.10 Å². The maximum absolute atomic E-state index is 4.71. The molecule has 1 saturated heterocycles. The molecule has 3 fully saturated rings. The lowest BCUT2D eigenvalue weighted by atomic mass is 9.91. The molecule has 16 heavy (non-hydrogen) atoms. The van der Waals surface area contributed by atoms with Crippen LogP contribution in [0.25, 0.3) is 0 Å². The number of hydrogen-bond donors (Lipinski definition) is 0. The minimum atomic E-state index is -0.139. The zero-order valence-electron chi connectivity index (χ0n) is 11.8. The zero-order chi connectivity index (χ0) is 12.1. The highest BCUT2D eigenvalue weighted by Crippen LogP contribution is 2.51. The van der Waals surface area contributed by atoms with Crippen LogP contribution in [0, 0.1) is 17.8 Å². The van der Waals surface area contributed by atoms with Gasteiger partial charge in [-0.2, -0.15) is 0 Å². The average molecular weight is 242 g/mol. The van der Waals surface area contributed by atoms with Gasteiger partial charge in [0.15, 0.2) is 0 Å². The van der Waals surface area contributed by atoms with Gasteiger partial charge in [-0.1, -0.05) is 33.0 Å². The molecule has 2 aliphatic carbocycles. The van der Waals surface area contributed by atoms with Gasteiger partial charge in [0, 0.05) is 8.80 Å². The zero-order valence-corrected chi connectivity index (χ0v) is 13.0. The lowest BCUT2D eigenvalue weighted by molar-refractivity contribution is 0.368. The van der Waals surface area contributed by atoms with Gasteiger partial charge in [0.2, 0.25) is 0 Å². The monoisotopic (exact) mass is 242 g/mol. The van der Waals surface area contributed by atoms with Crippen LogP contribution in [0.3, 0.4) is 0 Å². The highest BCUT2D eigenvalue weighted by atomic mass is 28.3.